The molecule has 0 rings (SSSR count). The lowest BCUT2D eigenvalue weighted by Crippen LogP contribution is -2.49. The van der Waals surface area contributed by atoms with Gasteiger partial charge in [0, 0.05) is 7.11 Å². The molecule has 1 N–H and O–H groups in total. The number of hydrogen-bond donors (Lipinski definition) is 1. The first-order valence-corrected chi connectivity index (χ1v) is 5.77. The average molecular weight is 209 g/mol. The molecule has 80 valence electrons. The first kappa shape index (κ1) is 12.9. The zero-order valence-electron chi connectivity index (χ0n) is 8.92. The number of nitrogens with one attached hydrogen (secondary N) is 1. The zero-order chi connectivity index (χ0) is 10.7. The van der Waals surface area contributed by atoms with E-state index in [9.17, 15) is 8.42 Å². The van der Waals surface area contributed by atoms with E-state index in [1.54, 1.807) is 34.8 Å². The van der Waals surface area contributed by atoms with Gasteiger partial charge in [0.2, 0.25) is 10.0 Å². The van der Waals surface area contributed by atoms with Crippen molar-refractivity contribution in [3.8, 4) is 0 Å². The van der Waals surface area contributed by atoms with Crippen molar-refractivity contribution in [2.24, 2.45) is 0 Å². The van der Waals surface area contributed by atoms with E-state index < -0.39 is 20.8 Å². The van der Waals surface area contributed by atoms with Gasteiger partial charge in [-0.15, -0.1) is 0 Å². The van der Waals surface area contributed by atoms with Gasteiger partial charge in [0.25, 0.3) is 0 Å². The molecule has 0 aliphatic heterocycles. The van der Waals surface area contributed by atoms with E-state index in [1.807, 2.05) is 0 Å². The Balaban J connectivity index is 4.43. The van der Waals surface area contributed by atoms with Gasteiger partial charge in [-0.25, -0.2) is 13.1 Å². The van der Waals surface area contributed by atoms with Gasteiger partial charge < -0.3 is 4.74 Å². The predicted molar refractivity (Wildman–Crippen MR) is 53.1 cm³/mol. The molecule has 0 aromatic heterocycles. The van der Waals surface area contributed by atoms with E-state index in [0.29, 0.717) is 6.61 Å². The second-order valence-electron chi connectivity index (χ2n) is 4.01. The lowest BCUT2D eigenvalue weighted by molar-refractivity contribution is 0.141. The van der Waals surface area contributed by atoms with Crippen molar-refractivity contribution < 1.29 is 13.2 Å². The van der Waals surface area contributed by atoms with E-state index in [0.717, 1.165) is 0 Å². The third kappa shape index (κ3) is 4.59. The van der Waals surface area contributed by atoms with Crippen LogP contribution in [0.3, 0.4) is 0 Å². The van der Waals surface area contributed by atoms with Crippen molar-refractivity contribution in [1.82, 2.24) is 4.72 Å². The van der Waals surface area contributed by atoms with Crippen LogP contribution in [0.1, 0.15) is 27.7 Å². The van der Waals surface area contributed by atoms with Crippen molar-refractivity contribution in [3.63, 3.8) is 0 Å². The summed E-state index contributed by atoms with van der Waals surface area (Å²) in [6.45, 7) is 7.22. The normalized spacial score (nSPS) is 13.7. The summed E-state index contributed by atoms with van der Waals surface area (Å²) in [5.41, 5.74) is -0.544. The second-order valence-corrected chi connectivity index (χ2v) is 6.25. The van der Waals surface area contributed by atoms with Gasteiger partial charge in [-0.2, -0.15) is 0 Å². The van der Waals surface area contributed by atoms with Crippen molar-refractivity contribution in [3.05, 3.63) is 0 Å². The molecule has 13 heavy (non-hydrogen) atoms. The molecule has 0 unspecified atom stereocenters. The van der Waals surface area contributed by atoms with E-state index in [2.05, 4.69) is 4.72 Å². The lowest BCUT2D eigenvalue weighted by Gasteiger charge is -2.26. The molecule has 0 aromatic carbocycles. The molecule has 0 atom stereocenters. The summed E-state index contributed by atoms with van der Waals surface area (Å²) in [5, 5.41) is -0.413. The minimum atomic E-state index is -3.21. The monoisotopic (exact) mass is 209 g/mol. The summed E-state index contributed by atoms with van der Waals surface area (Å²) < 4.78 is 30.4. The van der Waals surface area contributed by atoms with Crippen molar-refractivity contribution in [2.75, 3.05) is 13.7 Å². The predicted octanol–water partition coefficient (Wildman–Crippen LogP) is 0.739. The van der Waals surface area contributed by atoms with Crippen molar-refractivity contribution in [2.45, 2.75) is 38.5 Å². The molecular formula is C8H19NO3S. The van der Waals surface area contributed by atoms with E-state index in [1.165, 1.54) is 0 Å². The van der Waals surface area contributed by atoms with Crippen molar-refractivity contribution in [1.29, 1.82) is 0 Å². The molecule has 0 saturated carbocycles. The van der Waals surface area contributed by atoms with Gasteiger partial charge in [0.15, 0.2) is 0 Å². The summed E-state index contributed by atoms with van der Waals surface area (Å²) >= 11 is 0. The molecule has 4 nitrogen and oxygen atoms in total. The maximum atomic E-state index is 11.5. The highest BCUT2D eigenvalue weighted by Crippen LogP contribution is 2.07. The van der Waals surface area contributed by atoms with Crippen molar-refractivity contribution >= 4 is 10.0 Å². The summed E-state index contributed by atoms with van der Waals surface area (Å²) in [6.07, 6.45) is 0. The minimum absolute atomic E-state index is 0.360. The topological polar surface area (TPSA) is 55.4 Å². The Labute approximate surface area is 80.7 Å². The quantitative estimate of drug-likeness (QED) is 0.726. The maximum absolute atomic E-state index is 11.5. The first-order valence-electron chi connectivity index (χ1n) is 4.23. The maximum Gasteiger partial charge on any atom is 0.214 e. The Morgan fingerprint density at radius 2 is 1.85 bits per heavy atom. The molecule has 0 radical (unpaired) electrons. The fourth-order valence-corrected chi connectivity index (χ4v) is 1.96. The smallest absolute Gasteiger partial charge is 0.214 e. The molecule has 0 heterocycles. The minimum Gasteiger partial charge on any atom is -0.383 e. The number of methoxy groups -OCH3 is 1. The van der Waals surface area contributed by atoms with Gasteiger partial charge in [-0.1, -0.05) is 0 Å². The van der Waals surface area contributed by atoms with Crippen LogP contribution in [0.25, 0.3) is 0 Å². The van der Waals surface area contributed by atoms with Crippen LogP contribution in [0.15, 0.2) is 0 Å². The van der Waals surface area contributed by atoms with Gasteiger partial charge >= 0.3 is 0 Å². The Morgan fingerprint density at radius 1 is 1.38 bits per heavy atom. The summed E-state index contributed by atoms with van der Waals surface area (Å²) in [4.78, 5) is 0. The molecule has 0 bridgehead atoms. The second kappa shape index (κ2) is 4.39. The number of hydrogen-bond acceptors (Lipinski definition) is 3. The van der Waals surface area contributed by atoms with E-state index >= 15 is 0 Å². The first-order chi connectivity index (χ1) is 5.71. The summed E-state index contributed by atoms with van der Waals surface area (Å²) in [6, 6.07) is 0. The van der Waals surface area contributed by atoms with Gasteiger partial charge in [0.05, 0.1) is 17.4 Å². The van der Waals surface area contributed by atoms with E-state index in [-0.39, 0.29) is 0 Å². The molecule has 0 aromatic rings. The summed E-state index contributed by atoms with van der Waals surface area (Å²) in [5.74, 6) is 0. The van der Waals surface area contributed by atoms with Gasteiger partial charge in [-0.3, -0.25) is 0 Å². The Bertz CT molecular complexity index is 244. The average Bonchev–Trinajstić information content (AvgIpc) is 1.83. The number of sulfonamides is 1. The Kier molecular flexibility index (Phi) is 4.35. The van der Waals surface area contributed by atoms with Crippen LogP contribution in [-0.2, 0) is 14.8 Å². The molecule has 0 amide bonds. The molecule has 0 spiro atoms. The highest BCUT2D eigenvalue weighted by molar-refractivity contribution is 7.90. The third-order valence-electron chi connectivity index (χ3n) is 1.54. The SMILES string of the molecule is COCC(C)(C)NS(=O)(=O)C(C)C. The molecular weight excluding hydrogens is 190 g/mol. The molecule has 5 heteroatoms. The van der Waals surface area contributed by atoms with Crippen LogP contribution in [0, 0.1) is 0 Å². The largest absolute Gasteiger partial charge is 0.383 e. The molecule has 0 aliphatic carbocycles. The Morgan fingerprint density at radius 3 is 2.15 bits per heavy atom. The highest BCUT2D eigenvalue weighted by Gasteiger charge is 2.26. The molecule has 0 fully saturated rings. The van der Waals surface area contributed by atoms with Crippen LogP contribution < -0.4 is 4.72 Å². The lowest BCUT2D eigenvalue weighted by atomic mass is 10.1. The van der Waals surface area contributed by atoms with Crippen LogP contribution >= 0.6 is 0 Å². The van der Waals surface area contributed by atoms with Crippen LogP contribution in [-0.4, -0.2) is 32.9 Å². The Hall–Kier alpha value is -0.130. The third-order valence-corrected chi connectivity index (χ3v) is 3.62. The van der Waals surface area contributed by atoms with Crippen LogP contribution in [0.2, 0.25) is 0 Å². The highest BCUT2D eigenvalue weighted by atomic mass is 32.2. The fourth-order valence-electron chi connectivity index (χ4n) is 0.893. The summed E-state index contributed by atoms with van der Waals surface area (Å²) in [7, 11) is -1.66. The molecule has 0 saturated heterocycles. The van der Waals surface area contributed by atoms with Crippen LogP contribution in [0.4, 0.5) is 0 Å². The fraction of sp³-hybridized carbons (Fsp3) is 1.00. The van der Waals surface area contributed by atoms with Crippen LogP contribution in [0.5, 0.6) is 0 Å². The number of rotatable bonds is 5. The number of ether oxygens (including phenoxy) is 1. The standard InChI is InChI=1S/C8H19NO3S/c1-7(2)13(10,11)9-8(3,4)6-12-5/h7,9H,6H2,1-5H3. The zero-order valence-corrected chi connectivity index (χ0v) is 9.73. The van der Waals surface area contributed by atoms with Gasteiger partial charge in [-0.05, 0) is 27.7 Å². The molecule has 0 aliphatic rings. The van der Waals surface area contributed by atoms with Gasteiger partial charge in [0.1, 0.15) is 0 Å². The van der Waals surface area contributed by atoms with E-state index in [4.69, 9.17) is 4.74 Å².